The van der Waals surface area contributed by atoms with Crippen molar-refractivity contribution in [2.45, 2.75) is 6.92 Å². The molecule has 0 heterocycles. The number of carbonyl (C=O) groups excluding carboxylic acids is 2. The summed E-state index contributed by atoms with van der Waals surface area (Å²) < 4.78 is 4.53. The predicted molar refractivity (Wildman–Crippen MR) is 47.3 cm³/mol. The van der Waals surface area contributed by atoms with Crippen LogP contribution in [-0.2, 0) is 9.53 Å². The third kappa shape index (κ3) is 5.66. The van der Waals surface area contributed by atoms with Gasteiger partial charge in [0.2, 0.25) is 0 Å². The summed E-state index contributed by atoms with van der Waals surface area (Å²) in [6.45, 7) is 1.97. The number of urea groups is 1. The Hall–Kier alpha value is -1.59. The lowest BCUT2D eigenvalue weighted by molar-refractivity contribution is -0.134. The highest BCUT2D eigenvalue weighted by Crippen LogP contribution is 1.76. The predicted octanol–water partition coefficient (Wildman–Crippen LogP) is -0.194. The molecule has 74 valence electrons. The lowest BCUT2D eigenvalue weighted by atomic mass is 10.7. The van der Waals surface area contributed by atoms with Crippen molar-refractivity contribution >= 4 is 18.2 Å². The van der Waals surface area contributed by atoms with E-state index < -0.39 is 12.0 Å². The fraction of sp³-hybridized carbons (Fsp3) is 0.571. The minimum Gasteiger partial charge on any atom is -0.462 e. The van der Waals surface area contributed by atoms with E-state index >= 15 is 0 Å². The first-order valence-corrected chi connectivity index (χ1v) is 3.75. The summed E-state index contributed by atoms with van der Waals surface area (Å²) in [7, 11) is 3.13. The number of esters is 1. The van der Waals surface area contributed by atoms with Gasteiger partial charge in [-0.05, 0) is 6.92 Å². The average molecular weight is 187 g/mol. The Morgan fingerprint density at radius 2 is 2.15 bits per heavy atom. The van der Waals surface area contributed by atoms with Crippen molar-refractivity contribution in [3.8, 4) is 0 Å². The van der Waals surface area contributed by atoms with Gasteiger partial charge in [0.25, 0.3) is 0 Å². The summed E-state index contributed by atoms with van der Waals surface area (Å²) in [5.41, 5.74) is 2.13. The molecule has 0 rings (SSSR count). The van der Waals surface area contributed by atoms with Crippen LogP contribution in [0, 0.1) is 0 Å². The van der Waals surface area contributed by atoms with Gasteiger partial charge < -0.3 is 9.64 Å². The molecule has 0 unspecified atom stereocenters. The zero-order chi connectivity index (χ0) is 10.3. The number of nitrogens with zero attached hydrogens (tertiary/aromatic N) is 2. The van der Waals surface area contributed by atoms with E-state index in [4.69, 9.17) is 0 Å². The summed E-state index contributed by atoms with van der Waals surface area (Å²) in [4.78, 5) is 22.8. The molecule has 0 aliphatic carbocycles. The van der Waals surface area contributed by atoms with Crippen LogP contribution in [0.25, 0.3) is 0 Å². The Labute approximate surface area is 76.5 Å². The first kappa shape index (κ1) is 11.4. The van der Waals surface area contributed by atoms with E-state index in [9.17, 15) is 9.59 Å². The summed E-state index contributed by atoms with van der Waals surface area (Å²) in [5.74, 6) is -0.582. The normalized spacial score (nSPS) is 9.77. The van der Waals surface area contributed by atoms with Gasteiger partial charge in [0.15, 0.2) is 0 Å². The van der Waals surface area contributed by atoms with Crippen molar-refractivity contribution in [2.75, 3.05) is 20.7 Å². The third-order valence-corrected chi connectivity index (χ3v) is 1.02. The summed E-state index contributed by atoms with van der Waals surface area (Å²) in [6, 6.07) is -0.402. The van der Waals surface area contributed by atoms with Crippen molar-refractivity contribution in [3.63, 3.8) is 0 Å². The molecule has 0 spiro atoms. The second-order valence-corrected chi connectivity index (χ2v) is 2.32. The second kappa shape index (κ2) is 5.99. The molecule has 6 nitrogen and oxygen atoms in total. The van der Waals surface area contributed by atoms with Crippen molar-refractivity contribution in [1.82, 2.24) is 10.3 Å². The molecule has 0 aromatic rings. The van der Waals surface area contributed by atoms with Gasteiger partial charge in [-0.15, -0.1) is 0 Å². The molecular weight excluding hydrogens is 174 g/mol. The van der Waals surface area contributed by atoms with Crippen LogP contribution in [0.3, 0.4) is 0 Å². The first-order chi connectivity index (χ1) is 6.07. The van der Waals surface area contributed by atoms with Crippen molar-refractivity contribution in [2.24, 2.45) is 5.10 Å². The quantitative estimate of drug-likeness (QED) is 0.378. The molecule has 1 N–H and O–H groups in total. The molecule has 0 radical (unpaired) electrons. The van der Waals surface area contributed by atoms with Gasteiger partial charge >= 0.3 is 12.0 Å². The van der Waals surface area contributed by atoms with Crippen molar-refractivity contribution < 1.29 is 14.3 Å². The maximum atomic E-state index is 10.8. The van der Waals surface area contributed by atoms with Gasteiger partial charge in [0.05, 0.1) is 6.61 Å². The Morgan fingerprint density at radius 3 is 2.62 bits per heavy atom. The van der Waals surface area contributed by atoms with Gasteiger partial charge in [0.1, 0.15) is 6.21 Å². The van der Waals surface area contributed by atoms with E-state index in [-0.39, 0.29) is 6.61 Å². The number of rotatable bonds is 3. The van der Waals surface area contributed by atoms with Crippen molar-refractivity contribution in [1.29, 1.82) is 0 Å². The fourth-order valence-corrected chi connectivity index (χ4v) is 0.420. The number of hydrogen-bond donors (Lipinski definition) is 1. The maximum Gasteiger partial charge on any atom is 0.351 e. The monoisotopic (exact) mass is 187 g/mol. The highest BCUT2D eigenvalue weighted by atomic mass is 16.5. The van der Waals surface area contributed by atoms with E-state index in [0.29, 0.717) is 0 Å². The van der Waals surface area contributed by atoms with E-state index in [0.717, 1.165) is 6.21 Å². The second-order valence-electron chi connectivity index (χ2n) is 2.32. The lowest BCUT2D eigenvalue weighted by Gasteiger charge is -2.07. The zero-order valence-electron chi connectivity index (χ0n) is 7.90. The Bertz CT molecular complexity index is 213. The van der Waals surface area contributed by atoms with Gasteiger partial charge in [-0.25, -0.2) is 15.0 Å². The SMILES string of the molecule is CCOC(=O)/C=N/NC(=O)N(C)C. The molecule has 0 aromatic heterocycles. The summed E-state index contributed by atoms with van der Waals surface area (Å²) in [5, 5.41) is 3.37. The maximum absolute atomic E-state index is 10.8. The highest BCUT2D eigenvalue weighted by molar-refractivity contribution is 6.23. The van der Waals surface area contributed by atoms with Crippen LogP contribution < -0.4 is 5.43 Å². The topological polar surface area (TPSA) is 71.0 Å². The molecule has 2 amide bonds. The van der Waals surface area contributed by atoms with Crippen LogP contribution in [0.2, 0.25) is 0 Å². The minimum absolute atomic E-state index is 0.284. The standard InChI is InChI=1S/C7H13N3O3/c1-4-13-6(11)5-8-9-7(12)10(2)3/h5H,4H2,1-3H3,(H,9,12)/b8-5+. The molecule has 0 fully saturated rings. The van der Waals surface area contributed by atoms with E-state index in [1.807, 2.05) is 0 Å². The minimum atomic E-state index is -0.582. The van der Waals surface area contributed by atoms with Crippen LogP contribution in [-0.4, -0.2) is 43.8 Å². The molecule has 0 bridgehead atoms. The van der Waals surface area contributed by atoms with Gasteiger partial charge in [0, 0.05) is 14.1 Å². The molecule has 0 saturated heterocycles. The van der Waals surface area contributed by atoms with Gasteiger partial charge in [-0.3, -0.25) is 0 Å². The van der Waals surface area contributed by atoms with Gasteiger partial charge in [-0.2, -0.15) is 5.10 Å². The van der Waals surface area contributed by atoms with E-state index in [1.165, 1.54) is 4.90 Å². The molecule has 13 heavy (non-hydrogen) atoms. The van der Waals surface area contributed by atoms with Crippen LogP contribution in [0.15, 0.2) is 5.10 Å². The zero-order valence-corrected chi connectivity index (χ0v) is 7.90. The molecule has 0 aliphatic heterocycles. The number of hydrogen-bond acceptors (Lipinski definition) is 4. The van der Waals surface area contributed by atoms with Crippen LogP contribution in [0.4, 0.5) is 4.79 Å². The molecule has 0 saturated carbocycles. The Morgan fingerprint density at radius 1 is 1.54 bits per heavy atom. The highest BCUT2D eigenvalue weighted by Gasteiger charge is 2.00. The number of nitrogens with one attached hydrogen (secondary N) is 1. The van der Waals surface area contributed by atoms with E-state index in [1.54, 1.807) is 21.0 Å². The van der Waals surface area contributed by atoms with Crippen molar-refractivity contribution in [3.05, 3.63) is 0 Å². The largest absolute Gasteiger partial charge is 0.462 e. The number of carbonyl (C=O) groups is 2. The summed E-state index contributed by atoms with van der Waals surface area (Å²) >= 11 is 0. The molecular formula is C7H13N3O3. The molecule has 0 atom stereocenters. The van der Waals surface area contributed by atoms with Crippen LogP contribution in [0.1, 0.15) is 6.92 Å². The Kier molecular flexibility index (Phi) is 5.25. The summed E-state index contributed by atoms with van der Waals surface area (Å²) in [6.07, 6.45) is 0.908. The fourth-order valence-electron chi connectivity index (χ4n) is 0.420. The molecule has 0 aliphatic rings. The van der Waals surface area contributed by atoms with Crippen LogP contribution in [0.5, 0.6) is 0 Å². The number of ether oxygens (including phenoxy) is 1. The number of hydrazone groups is 1. The number of amides is 2. The van der Waals surface area contributed by atoms with E-state index in [2.05, 4.69) is 15.3 Å². The third-order valence-electron chi connectivity index (χ3n) is 1.02. The first-order valence-electron chi connectivity index (χ1n) is 3.75. The molecule has 6 heteroatoms. The van der Waals surface area contributed by atoms with Gasteiger partial charge in [-0.1, -0.05) is 0 Å². The average Bonchev–Trinajstić information content (AvgIpc) is 2.04. The molecule has 0 aromatic carbocycles. The van der Waals surface area contributed by atoms with Crippen LogP contribution >= 0.6 is 0 Å². The smallest absolute Gasteiger partial charge is 0.351 e. The lowest BCUT2D eigenvalue weighted by Crippen LogP contribution is -2.31. The Balaban J connectivity index is 3.75.